The Labute approximate surface area is 131 Å². The van der Waals surface area contributed by atoms with Crippen LogP contribution in [0.15, 0.2) is 24.3 Å². The molecule has 0 atom stereocenters. The third-order valence-corrected chi connectivity index (χ3v) is 6.09. The number of hydrogen-bond donors (Lipinski definition) is 0. The van der Waals surface area contributed by atoms with Gasteiger partial charge >= 0.3 is 0 Å². The van der Waals surface area contributed by atoms with E-state index in [0.717, 1.165) is 5.41 Å². The zero-order valence-corrected chi connectivity index (χ0v) is 13.7. The van der Waals surface area contributed by atoms with E-state index in [0.29, 0.717) is 0 Å². The summed E-state index contributed by atoms with van der Waals surface area (Å²) >= 11 is 0. The summed E-state index contributed by atoms with van der Waals surface area (Å²) in [7, 11) is 0. The van der Waals surface area contributed by atoms with Crippen LogP contribution in [-0.4, -0.2) is 0 Å². The van der Waals surface area contributed by atoms with Gasteiger partial charge < -0.3 is 0 Å². The number of aryl methyl sites for hydroxylation is 2. The average Bonchev–Trinajstić information content (AvgIpc) is 2.57. The van der Waals surface area contributed by atoms with Gasteiger partial charge in [0.15, 0.2) is 0 Å². The summed E-state index contributed by atoms with van der Waals surface area (Å²) in [5.41, 5.74) is 4.01. The van der Waals surface area contributed by atoms with Gasteiger partial charge in [0, 0.05) is 0 Å². The highest BCUT2D eigenvalue weighted by Crippen LogP contribution is 2.47. The minimum Gasteiger partial charge on any atom is -0.0620 e. The Morgan fingerprint density at radius 3 is 1.38 bits per heavy atom. The van der Waals surface area contributed by atoms with Gasteiger partial charge in [0.1, 0.15) is 0 Å². The molecule has 3 aliphatic carbocycles. The van der Waals surface area contributed by atoms with Crippen LogP contribution in [0.3, 0.4) is 0 Å². The van der Waals surface area contributed by atoms with Crippen LogP contribution in [-0.2, 0) is 12.8 Å². The van der Waals surface area contributed by atoms with Gasteiger partial charge in [0.05, 0.1) is 0 Å². The Bertz CT molecular complexity index is 375. The summed E-state index contributed by atoms with van der Waals surface area (Å²) in [6.45, 7) is 0. The largest absolute Gasteiger partial charge is 0.0620 e. The summed E-state index contributed by atoms with van der Waals surface area (Å²) < 4.78 is 0. The van der Waals surface area contributed by atoms with E-state index in [2.05, 4.69) is 24.3 Å². The van der Waals surface area contributed by atoms with Crippen LogP contribution >= 0.6 is 0 Å². The van der Waals surface area contributed by atoms with Gasteiger partial charge in [0.25, 0.3) is 0 Å². The molecule has 0 aromatic heterocycles. The molecule has 0 amide bonds. The van der Waals surface area contributed by atoms with Crippen molar-refractivity contribution in [3.8, 4) is 0 Å². The standard InChI is InChI=1S/C11H20.C10H12/c1-3-7-11(8-4-1)9-5-2-6-10-11;1-2-6-10-8-4-3-7-9(10)5-1/h1-10H2;1-2,5-6H,3-4,7-8H2. The number of benzene rings is 1. The van der Waals surface area contributed by atoms with E-state index in [9.17, 15) is 0 Å². The van der Waals surface area contributed by atoms with Crippen molar-refractivity contribution in [2.45, 2.75) is 89.9 Å². The van der Waals surface area contributed by atoms with Crippen LogP contribution < -0.4 is 0 Å². The molecule has 0 bridgehead atoms. The normalized spacial score (nSPS) is 23.8. The van der Waals surface area contributed by atoms with Crippen LogP contribution in [0, 0.1) is 5.41 Å². The molecule has 0 aliphatic heterocycles. The predicted molar refractivity (Wildman–Crippen MR) is 91.7 cm³/mol. The molecular weight excluding hydrogens is 252 g/mol. The molecule has 3 aliphatic rings. The van der Waals surface area contributed by atoms with Crippen LogP contribution in [0.2, 0.25) is 0 Å². The fourth-order valence-corrected chi connectivity index (χ4v) is 4.78. The van der Waals surface area contributed by atoms with Crippen molar-refractivity contribution in [3.05, 3.63) is 35.4 Å². The molecule has 0 nitrogen and oxygen atoms in total. The Morgan fingerprint density at radius 2 is 0.952 bits per heavy atom. The van der Waals surface area contributed by atoms with E-state index < -0.39 is 0 Å². The molecule has 0 heterocycles. The van der Waals surface area contributed by atoms with Crippen molar-refractivity contribution < 1.29 is 0 Å². The molecule has 1 aromatic rings. The Balaban J connectivity index is 0.000000126. The van der Waals surface area contributed by atoms with Gasteiger partial charge in [-0.05, 0) is 67.9 Å². The maximum Gasteiger partial charge on any atom is -0.0276 e. The van der Waals surface area contributed by atoms with Crippen molar-refractivity contribution in [2.24, 2.45) is 5.41 Å². The average molecular weight is 284 g/mol. The van der Waals surface area contributed by atoms with Gasteiger partial charge in [-0.2, -0.15) is 0 Å². The van der Waals surface area contributed by atoms with Gasteiger partial charge in [-0.15, -0.1) is 0 Å². The summed E-state index contributed by atoms with van der Waals surface area (Å²) in [5, 5.41) is 0. The zero-order chi connectivity index (χ0) is 14.4. The number of rotatable bonds is 0. The molecule has 0 unspecified atom stereocenters. The molecule has 1 spiro atoms. The maximum atomic E-state index is 2.26. The van der Waals surface area contributed by atoms with Gasteiger partial charge in [-0.3, -0.25) is 0 Å². The van der Waals surface area contributed by atoms with Gasteiger partial charge in [0.2, 0.25) is 0 Å². The molecular formula is C21H32. The van der Waals surface area contributed by atoms with E-state index in [1.807, 2.05) is 0 Å². The second kappa shape index (κ2) is 7.47. The molecule has 0 saturated heterocycles. The van der Waals surface area contributed by atoms with Crippen molar-refractivity contribution in [2.75, 3.05) is 0 Å². The molecule has 2 saturated carbocycles. The first-order chi connectivity index (χ1) is 10.4. The molecule has 0 heteroatoms. The lowest BCUT2D eigenvalue weighted by Gasteiger charge is -2.40. The fourth-order valence-electron chi connectivity index (χ4n) is 4.78. The lowest BCUT2D eigenvalue weighted by molar-refractivity contribution is 0.124. The highest BCUT2D eigenvalue weighted by Gasteiger charge is 2.32. The molecule has 4 rings (SSSR count). The Kier molecular flexibility index (Phi) is 5.38. The highest BCUT2D eigenvalue weighted by atomic mass is 14.4. The minimum absolute atomic E-state index is 0.858. The fraction of sp³-hybridized carbons (Fsp3) is 0.714. The highest BCUT2D eigenvalue weighted by molar-refractivity contribution is 5.28. The van der Waals surface area contributed by atoms with E-state index >= 15 is 0 Å². The number of fused-ring (bicyclic) bond motifs is 1. The smallest absolute Gasteiger partial charge is 0.0276 e. The van der Waals surface area contributed by atoms with Crippen molar-refractivity contribution >= 4 is 0 Å². The predicted octanol–water partition coefficient (Wildman–Crippen LogP) is 6.47. The van der Waals surface area contributed by atoms with E-state index in [1.54, 1.807) is 36.8 Å². The molecule has 1 aromatic carbocycles. The SMILES string of the molecule is C1CCC2(CC1)CCCCC2.c1ccc2c(c1)CCCC2. The van der Waals surface area contributed by atoms with E-state index in [4.69, 9.17) is 0 Å². The molecule has 0 radical (unpaired) electrons. The quantitative estimate of drug-likeness (QED) is 0.512. The van der Waals surface area contributed by atoms with E-state index in [1.165, 1.54) is 64.2 Å². The van der Waals surface area contributed by atoms with E-state index in [-0.39, 0.29) is 0 Å². The Morgan fingerprint density at radius 1 is 0.524 bits per heavy atom. The van der Waals surface area contributed by atoms with Crippen LogP contribution in [0.5, 0.6) is 0 Å². The lowest BCUT2D eigenvalue weighted by atomic mass is 9.65. The van der Waals surface area contributed by atoms with Crippen LogP contribution in [0.1, 0.15) is 88.2 Å². The first-order valence-corrected chi connectivity index (χ1v) is 9.45. The van der Waals surface area contributed by atoms with Crippen molar-refractivity contribution in [1.82, 2.24) is 0 Å². The summed E-state index contributed by atoms with van der Waals surface area (Å²) in [5.74, 6) is 0. The monoisotopic (exact) mass is 284 g/mol. The lowest BCUT2D eigenvalue weighted by Crippen LogP contribution is -2.26. The Hall–Kier alpha value is -0.780. The summed E-state index contributed by atoms with van der Waals surface area (Å²) in [6, 6.07) is 8.80. The molecule has 0 N–H and O–H groups in total. The molecule has 21 heavy (non-hydrogen) atoms. The van der Waals surface area contributed by atoms with Crippen LogP contribution in [0.4, 0.5) is 0 Å². The van der Waals surface area contributed by atoms with Crippen LogP contribution in [0.25, 0.3) is 0 Å². The molecule has 116 valence electrons. The second-order valence-electron chi connectivity index (χ2n) is 7.60. The van der Waals surface area contributed by atoms with Crippen molar-refractivity contribution in [3.63, 3.8) is 0 Å². The van der Waals surface area contributed by atoms with Crippen molar-refractivity contribution in [1.29, 1.82) is 0 Å². The van der Waals surface area contributed by atoms with Gasteiger partial charge in [-0.1, -0.05) is 62.8 Å². The second-order valence-corrected chi connectivity index (χ2v) is 7.60. The number of hydrogen-bond acceptors (Lipinski definition) is 0. The molecule has 2 fully saturated rings. The summed E-state index contributed by atoms with van der Waals surface area (Å²) in [6.07, 6.45) is 20.8. The summed E-state index contributed by atoms with van der Waals surface area (Å²) in [4.78, 5) is 0. The zero-order valence-electron chi connectivity index (χ0n) is 13.7. The third-order valence-electron chi connectivity index (χ3n) is 6.09. The first-order valence-electron chi connectivity index (χ1n) is 9.45. The minimum atomic E-state index is 0.858. The van der Waals surface area contributed by atoms with Gasteiger partial charge in [-0.25, -0.2) is 0 Å². The maximum absolute atomic E-state index is 2.26. The first kappa shape index (κ1) is 15.1. The topological polar surface area (TPSA) is 0 Å². The third kappa shape index (κ3) is 4.11.